The highest BCUT2D eigenvalue weighted by Crippen LogP contribution is 2.18. The van der Waals surface area contributed by atoms with Gasteiger partial charge in [0.25, 0.3) is 5.91 Å². The zero-order valence-electron chi connectivity index (χ0n) is 14.9. The number of carbonyl (C=O) groups excluding carboxylic acids is 1. The summed E-state index contributed by atoms with van der Waals surface area (Å²) in [6, 6.07) is 3.22. The van der Waals surface area contributed by atoms with Gasteiger partial charge in [-0.1, -0.05) is 11.6 Å². The molecule has 0 saturated heterocycles. The first-order chi connectivity index (χ1) is 12.5. The van der Waals surface area contributed by atoms with Crippen molar-refractivity contribution in [2.24, 2.45) is 0 Å². The smallest absolute Gasteiger partial charge is 0.270 e. The molecule has 26 heavy (non-hydrogen) atoms. The highest BCUT2D eigenvalue weighted by Gasteiger charge is 2.21. The van der Waals surface area contributed by atoms with Crippen molar-refractivity contribution in [3.05, 3.63) is 46.9 Å². The molecule has 1 amide bonds. The van der Waals surface area contributed by atoms with Gasteiger partial charge in [-0.2, -0.15) is 0 Å². The van der Waals surface area contributed by atoms with Crippen molar-refractivity contribution in [3.63, 3.8) is 0 Å². The fourth-order valence-corrected chi connectivity index (χ4v) is 3.05. The summed E-state index contributed by atoms with van der Waals surface area (Å²) in [5, 5.41) is 11.6. The zero-order valence-corrected chi connectivity index (χ0v) is 15.7. The molecule has 0 aromatic carbocycles. The highest BCUT2D eigenvalue weighted by molar-refractivity contribution is 6.30. The Bertz CT molecular complexity index is 919. The zero-order chi connectivity index (χ0) is 18.7. The topological polar surface area (TPSA) is 86.3 Å². The molecule has 1 N–H and O–H groups in total. The fraction of sp³-hybridized carbons (Fsp3) is 0.412. The summed E-state index contributed by atoms with van der Waals surface area (Å²) in [6.07, 6.45) is 4.18. The first kappa shape index (κ1) is 18.3. The molecule has 0 bridgehead atoms. The van der Waals surface area contributed by atoms with Crippen molar-refractivity contribution in [2.75, 3.05) is 13.7 Å². The maximum Gasteiger partial charge on any atom is 0.270 e. The molecule has 1 unspecified atom stereocenters. The Morgan fingerprint density at radius 2 is 2.23 bits per heavy atom. The van der Waals surface area contributed by atoms with E-state index in [9.17, 15) is 4.79 Å². The maximum absolute atomic E-state index is 12.8. The van der Waals surface area contributed by atoms with Crippen LogP contribution in [0.5, 0.6) is 0 Å². The van der Waals surface area contributed by atoms with E-state index in [4.69, 9.17) is 16.3 Å². The van der Waals surface area contributed by atoms with Gasteiger partial charge in [-0.05, 0) is 32.4 Å². The van der Waals surface area contributed by atoms with Gasteiger partial charge < -0.3 is 14.6 Å². The summed E-state index contributed by atoms with van der Waals surface area (Å²) in [5.41, 5.74) is 1.77. The number of nitrogens with one attached hydrogen (secondary N) is 1. The summed E-state index contributed by atoms with van der Waals surface area (Å²) in [7, 11) is 1.67. The lowest BCUT2D eigenvalue weighted by Gasteiger charge is -2.15. The van der Waals surface area contributed by atoms with Crippen LogP contribution in [-0.2, 0) is 11.3 Å². The van der Waals surface area contributed by atoms with Crippen LogP contribution in [0, 0.1) is 6.92 Å². The van der Waals surface area contributed by atoms with Crippen LogP contribution in [0.4, 0.5) is 0 Å². The predicted octanol–water partition coefficient (Wildman–Crippen LogP) is 2.42. The van der Waals surface area contributed by atoms with E-state index in [1.807, 2.05) is 11.5 Å². The molecule has 9 heteroatoms. The second-order valence-electron chi connectivity index (χ2n) is 6.05. The number of hydrogen-bond acceptors (Lipinski definition) is 5. The molecule has 138 valence electrons. The van der Waals surface area contributed by atoms with Gasteiger partial charge >= 0.3 is 0 Å². The van der Waals surface area contributed by atoms with Crippen molar-refractivity contribution in [1.29, 1.82) is 0 Å². The molecule has 0 radical (unpaired) electrons. The summed E-state index contributed by atoms with van der Waals surface area (Å²) in [6.45, 7) is 5.05. The number of rotatable bonds is 7. The molecule has 3 heterocycles. The molecule has 0 fully saturated rings. The number of amides is 1. The van der Waals surface area contributed by atoms with Crippen LogP contribution in [0.2, 0.25) is 5.02 Å². The lowest BCUT2D eigenvalue weighted by atomic mass is 10.2. The van der Waals surface area contributed by atoms with Crippen molar-refractivity contribution >= 4 is 23.2 Å². The average molecular weight is 377 g/mol. The Balaban J connectivity index is 1.79. The number of carbonyl (C=O) groups is 1. The number of hydrogen-bond donors (Lipinski definition) is 1. The number of aromatic nitrogens is 5. The number of halogens is 1. The Labute approximate surface area is 156 Å². The molecule has 0 aliphatic rings. The van der Waals surface area contributed by atoms with E-state index in [-0.39, 0.29) is 11.9 Å². The Kier molecular flexibility index (Phi) is 5.53. The largest absolute Gasteiger partial charge is 0.385 e. The van der Waals surface area contributed by atoms with Gasteiger partial charge in [0, 0.05) is 26.5 Å². The molecule has 0 spiro atoms. The van der Waals surface area contributed by atoms with E-state index in [0.717, 1.165) is 13.0 Å². The van der Waals surface area contributed by atoms with E-state index in [0.29, 0.717) is 34.5 Å². The fourth-order valence-electron chi connectivity index (χ4n) is 2.89. The molecular weight excluding hydrogens is 356 g/mol. The van der Waals surface area contributed by atoms with Gasteiger partial charge in [0.05, 0.1) is 16.8 Å². The Morgan fingerprint density at radius 1 is 1.42 bits per heavy atom. The number of pyridine rings is 1. The third-order valence-electron chi connectivity index (χ3n) is 4.10. The van der Waals surface area contributed by atoms with E-state index < -0.39 is 0 Å². The van der Waals surface area contributed by atoms with E-state index in [1.165, 1.54) is 0 Å². The molecular formula is C17H21ClN6O2. The number of fused-ring (bicyclic) bond motifs is 1. The summed E-state index contributed by atoms with van der Waals surface area (Å²) in [4.78, 5) is 17.2. The monoisotopic (exact) mass is 376 g/mol. The molecule has 0 aliphatic heterocycles. The SMILES string of the molecule is COCCCn1cnnc1C(C)NC(=O)c1c(C)nc2ccc(Cl)cn12. The van der Waals surface area contributed by atoms with Crippen LogP contribution in [0.1, 0.15) is 41.4 Å². The van der Waals surface area contributed by atoms with Crippen molar-refractivity contribution in [3.8, 4) is 0 Å². The highest BCUT2D eigenvalue weighted by atomic mass is 35.5. The van der Waals surface area contributed by atoms with Gasteiger partial charge in [0.1, 0.15) is 17.7 Å². The van der Waals surface area contributed by atoms with Crippen LogP contribution in [-0.4, -0.2) is 43.8 Å². The van der Waals surface area contributed by atoms with E-state index >= 15 is 0 Å². The second-order valence-corrected chi connectivity index (χ2v) is 6.48. The number of nitrogens with zero attached hydrogens (tertiary/aromatic N) is 5. The number of methoxy groups -OCH3 is 1. The van der Waals surface area contributed by atoms with Crippen molar-refractivity contribution in [1.82, 2.24) is 29.5 Å². The standard InChI is InChI=1S/C17H21ClN6O2/c1-11-15(24-9-13(18)5-6-14(24)20-11)17(25)21-12(2)16-22-19-10-23(16)7-4-8-26-3/h5-6,9-10,12H,4,7-8H2,1-3H3,(H,21,25). The lowest BCUT2D eigenvalue weighted by molar-refractivity contribution is 0.0930. The van der Waals surface area contributed by atoms with Crippen LogP contribution >= 0.6 is 11.6 Å². The van der Waals surface area contributed by atoms with Gasteiger partial charge in [-0.15, -0.1) is 10.2 Å². The lowest BCUT2D eigenvalue weighted by Crippen LogP contribution is -2.30. The van der Waals surface area contributed by atoms with E-state index in [2.05, 4.69) is 20.5 Å². The van der Waals surface area contributed by atoms with Crippen LogP contribution in [0.25, 0.3) is 5.65 Å². The summed E-state index contributed by atoms with van der Waals surface area (Å²) >= 11 is 6.06. The van der Waals surface area contributed by atoms with Gasteiger partial charge in [0.2, 0.25) is 0 Å². The second kappa shape index (κ2) is 7.84. The van der Waals surface area contributed by atoms with Crippen LogP contribution in [0.15, 0.2) is 24.7 Å². The van der Waals surface area contributed by atoms with Crippen LogP contribution in [0.3, 0.4) is 0 Å². The quantitative estimate of drug-likeness (QED) is 0.640. The molecule has 0 saturated carbocycles. The summed E-state index contributed by atoms with van der Waals surface area (Å²) in [5.74, 6) is 0.454. The number of aryl methyl sites for hydroxylation is 2. The molecule has 0 aliphatic carbocycles. The van der Waals surface area contributed by atoms with E-state index in [1.54, 1.807) is 43.1 Å². The maximum atomic E-state index is 12.8. The Morgan fingerprint density at radius 3 is 3.00 bits per heavy atom. The number of imidazole rings is 1. The Hall–Kier alpha value is -2.45. The summed E-state index contributed by atoms with van der Waals surface area (Å²) < 4.78 is 8.69. The molecule has 3 aromatic heterocycles. The first-order valence-electron chi connectivity index (χ1n) is 8.33. The van der Waals surface area contributed by atoms with Gasteiger partial charge in [-0.25, -0.2) is 4.98 Å². The minimum atomic E-state index is -0.309. The normalized spacial score (nSPS) is 12.5. The van der Waals surface area contributed by atoms with Crippen molar-refractivity contribution < 1.29 is 9.53 Å². The van der Waals surface area contributed by atoms with Gasteiger partial charge in [0.15, 0.2) is 5.82 Å². The van der Waals surface area contributed by atoms with Crippen LogP contribution < -0.4 is 5.32 Å². The van der Waals surface area contributed by atoms with Gasteiger partial charge in [-0.3, -0.25) is 9.20 Å². The average Bonchev–Trinajstić information content (AvgIpc) is 3.18. The third-order valence-corrected chi connectivity index (χ3v) is 4.32. The molecule has 1 atom stereocenters. The molecule has 3 rings (SSSR count). The molecule has 3 aromatic rings. The minimum Gasteiger partial charge on any atom is -0.385 e. The number of ether oxygens (including phenoxy) is 1. The molecule has 8 nitrogen and oxygen atoms in total. The minimum absolute atomic E-state index is 0.240. The third kappa shape index (κ3) is 3.71. The predicted molar refractivity (Wildman–Crippen MR) is 97.3 cm³/mol. The van der Waals surface area contributed by atoms with Crippen molar-refractivity contribution in [2.45, 2.75) is 32.9 Å². The first-order valence-corrected chi connectivity index (χ1v) is 8.70.